The lowest BCUT2D eigenvalue weighted by Crippen LogP contribution is -2.45. The van der Waals surface area contributed by atoms with E-state index in [1.165, 1.54) is 6.07 Å². The summed E-state index contributed by atoms with van der Waals surface area (Å²) in [4.78, 5) is 2.06. The van der Waals surface area contributed by atoms with E-state index >= 15 is 0 Å². The van der Waals surface area contributed by atoms with Crippen LogP contribution in [0.15, 0.2) is 18.2 Å². The van der Waals surface area contributed by atoms with Crippen molar-refractivity contribution in [1.29, 1.82) is 0 Å². The summed E-state index contributed by atoms with van der Waals surface area (Å²) >= 11 is 6.00. The molecular formula is C14H19Cl2F3N2O. The van der Waals surface area contributed by atoms with Gasteiger partial charge in [-0.2, -0.15) is 13.2 Å². The van der Waals surface area contributed by atoms with Crippen LogP contribution < -0.4 is 5.32 Å². The third kappa shape index (κ3) is 4.49. The van der Waals surface area contributed by atoms with Crippen molar-refractivity contribution in [2.24, 2.45) is 0 Å². The third-order valence-corrected chi connectivity index (χ3v) is 4.11. The highest BCUT2D eigenvalue weighted by atomic mass is 35.5. The van der Waals surface area contributed by atoms with E-state index in [0.29, 0.717) is 12.0 Å². The Bertz CT molecular complexity index is 480. The zero-order chi connectivity index (χ0) is 15.5. The van der Waals surface area contributed by atoms with Crippen LogP contribution in [-0.2, 0) is 6.18 Å². The van der Waals surface area contributed by atoms with E-state index < -0.39 is 11.7 Å². The summed E-state index contributed by atoms with van der Waals surface area (Å²) < 4.78 is 38.9. The Morgan fingerprint density at radius 3 is 2.45 bits per heavy atom. The Kier molecular flexibility index (Phi) is 7.41. The molecule has 0 aromatic heterocycles. The molecule has 1 aromatic rings. The molecule has 1 fully saturated rings. The average molecular weight is 359 g/mol. The Morgan fingerprint density at radius 2 is 1.91 bits per heavy atom. The quantitative estimate of drug-likeness (QED) is 0.867. The lowest BCUT2D eigenvalue weighted by atomic mass is 9.99. The zero-order valence-electron chi connectivity index (χ0n) is 11.9. The minimum atomic E-state index is -4.47. The van der Waals surface area contributed by atoms with Crippen LogP contribution in [0.1, 0.15) is 23.6 Å². The van der Waals surface area contributed by atoms with Gasteiger partial charge in [0.05, 0.1) is 10.6 Å². The van der Waals surface area contributed by atoms with Crippen LogP contribution in [0, 0.1) is 0 Å². The Balaban J connectivity index is 0.00000242. The molecule has 0 saturated carbocycles. The summed E-state index contributed by atoms with van der Waals surface area (Å²) in [6.07, 6.45) is -4.11. The molecule has 1 saturated heterocycles. The molecular weight excluding hydrogens is 340 g/mol. The summed E-state index contributed by atoms with van der Waals surface area (Å²) in [5.74, 6) is 0. The van der Waals surface area contributed by atoms with Crippen molar-refractivity contribution in [1.82, 2.24) is 10.2 Å². The molecule has 0 amide bonds. The molecule has 8 heteroatoms. The molecule has 1 aliphatic rings. The first-order valence-electron chi connectivity index (χ1n) is 6.86. The van der Waals surface area contributed by atoms with E-state index in [1.807, 2.05) is 0 Å². The largest absolute Gasteiger partial charge is 0.417 e. The maximum Gasteiger partial charge on any atom is 0.417 e. The van der Waals surface area contributed by atoms with Crippen molar-refractivity contribution in [2.45, 2.75) is 18.6 Å². The minimum absolute atomic E-state index is 0. The molecule has 0 aliphatic carbocycles. The van der Waals surface area contributed by atoms with Crippen LogP contribution in [0.5, 0.6) is 0 Å². The predicted molar refractivity (Wildman–Crippen MR) is 82.6 cm³/mol. The number of aliphatic hydroxyl groups excluding tert-OH is 1. The number of nitrogens with zero attached hydrogens (tertiary/aromatic N) is 1. The number of rotatable bonds is 4. The number of hydrogen-bond acceptors (Lipinski definition) is 3. The van der Waals surface area contributed by atoms with E-state index in [4.69, 9.17) is 11.6 Å². The van der Waals surface area contributed by atoms with E-state index in [1.54, 1.807) is 6.07 Å². The van der Waals surface area contributed by atoms with Gasteiger partial charge in [0.2, 0.25) is 0 Å². The molecule has 0 bridgehead atoms. The summed E-state index contributed by atoms with van der Waals surface area (Å²) in [5.41, 5.74) is -0.387. The molecule has 0 unspecified atom stereocenters. The van der Waals surface area contributed by atoms with Gasteiger partial charge in [-0.05, 0) is 18.1 Å². The van der Waals surface area contributed by atoms with E-state index in [2.05, 4.69) is 10.2 Å². The van der Waals surface area contributed by atoms with Gasteiger partial charge in [0.1, 0.15) is 0 Å². The van der Waals surface area contributed by atoms with Gasteiger partial charge in [-0.3, -0.25) is 4.90 Å². The lowest BCUT2D eigenvalue weighted by Gasteiger charge is -2.35. The van der Waals surface area contributed by atoms with Crippen molar-refractivity contribution < 1.29 is 18.3 Å². The predicted octanol–water partition coefficient (Wildman–Crippen LogP) is 3.11. The topological polar surface area (TPSA) is 35.5 Å². The van der Waals surface area contributed by atoms with Crippen molar-refractivity contribution in [2.75, 3.05) is 32.8 Å². The van der Waals surface area contributed by atoms with E-state index in [0.717, 1.165) is 32.2 Å². The number of benzene rings is 1. The second-order valence-electron chi connectivity index (χ2n) is 5.02. The zero-order valence-corrected chi connectivity index (χ0v) is 13.4. The Morgan fingerprint density at radius 1 is 1.27 bits per heavy atom. The number of halogens is 5. The number of nitrogens with one attached hydrogen (secondary N) is 1. The molecule has 2 N–H and O–H groups in total. The Hall–Kier alpha value is -0.530. The molecule has 0 spiro atoms. The number of hydrogen-bond donors (Lipinski definition) is 2. The molecule has 22 heavy (non-hydrogen) atoms. The highest BCUT2D eigenvalue weighted by molar-refractivity contribution is 6.32. The summed E-state index contributed by atoms with van der Waals surface area (Å²) in [5, 5.41) is 12.2. The molecule has 0 radical (unpaired) electrons. The van der Waals surface area contributed by atoms with Gasteiger partial charge in [0.25, 0.3) is 0 Å². The average Bonchev–Trinajstić information content (AvgIpc) is 2.45. The van der Waals surface area contributed by atoms with Gasteiger partial charge in [-0.1, -0.05) is 23.7 Å². The van der Waals surface area contributed by atoms with E-state index in [-0.39, 0.29) is 30.1 Å². The van der Waals surface area contributed by atoms with Gasteiger partial charge in [0, 0.05) is 38.8 Å². The highest BCUT2D eigenvalue weighted by Gasteiger charge is 2.35. The highest BCUT2D eigenvalue weighted by Crippen LogP contribution is 2.39. The minimum Gasteiger partial charge on any atom is -0.396 e. The van der Waals surface area contributed by atoms with Crippen LogP contribution in [0.3, 0.4) is 0 Å². The first-order chi connectivity index (χ1) is 9.95. The maximum atomic E-state index is 13.0. The van der Waals surface area contributed by atoms with Gasteiger partial charge >= 0.3 is 6.18 Å². The second kappa shape index (κ2) is 8.36. The van der Waals surface area contributed by atoms with Crippen molar-refractivity contribution in [3.63, 3.8) is 0 Å². The first kappa shape index (κ1) is 19.5. The fraction of sp³-hybridized carbons (Fsp3) is 0.571. The molecule has 126 valence electrons. The van der Waals surface area contributed by atoms with Crippen LogP contribution in [0.25, 0.3) is 0 Å². The maximum absolute atomic E-state index is 13.0. The van der Waals surface area contributed by atoms with Crippen LogP contribution in [-0.4, -0.2) is 42.8 Å². The first-order valence-corrected chi connectivity index (χ1v) is 7.24. The summed E-state index contributed by atoms with van der Waals surface area (Å²) in [6.45, 7) is 2.90. The van der Waals surface area contributed by atoms with Gasteiger partial charge in [-0.25, -0.2) is 0 Å². The molecule has 1 aliphatic heterocycles. The smallest absolute Gasteiger partial charge is 0.396 e. The molecule has 2 rings (SSSR count). The van der Waals surface area contributed by atoms with Crippen molar-refractivity contribution in [3.8, 4) is 0 Å². The molecule has 1 aromatic carbocycles. The number of piperazine rings is 1. The SMILES string of the molecule is Cl.OCC[C@H](c1cccc(C(F)(F)F)c1Cl)N1CCNCC1. The number of aliphatic hydroxyl groups is 1. The third-order valence-electron chi connectivity index (χ3n) is 3.69. The molecule has 1 heterocycles. The standard InChI is InChI=1S/C14H18ClF3N2O.ClH/c15-13-10(2-1-3-11(13)14(16,17)18)12(4-9-21)20-7-5-19-6-8-20;/h1-3,12,19,21H,4-9H2;1H/t12-;/m1./s1. The van der Waals surface area contributed by atoms with E-state index in [9.17, 15) is 18.3 Å². The van der Waals surface area contributed by atoms with Gasteiger partial charge in [-0.15, -0.1) is 12.4 Å². The van der Waals surface area contributed by atoms with Gasteiger partial charge in [0.15, 0.2) is 0 Å². The van der Waals surface area contributed by atoms with Crippen molar-refractivity contribution in [3.05, 3.63) is 34.3 Å². The fourth-order valence-electron chi connectivity index (χ4n) is 2.68. The van der Waals surface area contributed by atoms with Crippen LogP contribution >= 0.6 is 24.0 Å². The second-order valence-corrected chi connectivity index (χ2v) is 5.40. The molecule has 1 atom stereocenters. The number of alkyl halides is 3. The Labute approximate surface area is 138 Å². The molecule has 3 nitrogen and oxygen atoms in total. The van der Waals surface area contributed by atoms with Crippen molar-refractivity contribution >= 4 is 24.0 Å². The lowest BCUT2D eigenvalue weighted by molar-refractivity contribution is -0.137. The summed E-state index contributed by atoms with van der Waals surface area (Å²) in [6, 6.07) is 3.67. The van der Waals surface area contributed by atoms with Gasteiger partial charge < -0.3 is 10.4 Å². The summed E-state index contributed by atoms with van der Waals surface area (Å²) in [7, 11) is 0. The van der Waals surface area contributed by atoms with Crippen LogP contribution in [0.2, 0.25) is 5.02 Å². The monoisotopic (exact) mass is 358 g/mol. The normalized spacial score (nSPS) is 17.9. The van der Waals surface area contributed by atoms with Crippen LogP contribution in [0.4, 0.5) is 13.2 Å². The fourth-order valence-corrected chi connectivity index (χ4v) is 3.04.